The van der Waals surface area contributed by atoms with Crippen LogP contribution in [-0.2, 0) is 12.7 Å². The van der Waals surface area contributed by atoms with Crippen LogP contribution >= 0.6 is 11.6 Å². The maximum absolute atomic E-state index is 13.4. The summed E-state index contributed by atoms with van der Waals surface area (Å²) >= 11 is 6.23. The molecular weight excluding hydrogens is 412 g/mol. The fraction of sp³-hybridized carbons (Fsp3) is 0.211. The Balaban J connectivity index is 1.93. The second kappa shape index (κ2) is 8.20. The van der Waals surface area contributed by atoms with E-state index in [2.05, 4.69) is 10.1 Å². The lowest BCUT2D eigenvalue weighted by Crippen LogP contribution is -2.29. The lowest BCUT2D eigenvalue weighted by atomic mass is 10.2. The van der Waals surface area contributed by atoms with Crippen molar-refractivity contribution in [1.29, 1.82) is 0 Å². The lowest BCUT2D eigenvalue weighted by molar-refractivity contribution is -0.137. The van der Waals surface area contributed by atoms with Gasteiger partial charge in [-0.25, -0.2) is 9.37 Å². The molecular formula is C19H15ClF4N4O. The predicted octanol–water partition coefficient (Wildman–Crippen LogP) is 4.47. The van der Waals surface area contributed by atoms with Crippen LogP contribution in [0.4, 0.5) is 23.2 Å². The van der Waals surface area contributed by atoms with Crippen molar-refractivity contribution in [2.75, 3.05) is 11.4 Å². The molecule has 2 heterocycles. The molecule has 29 heavy (non-hydrogen) atoms. The first-order chi connectivity index (χ1) is 13.7. The van der Waals surface area contributed by atoms with Crippen LogP contribution in [0.3, 0.4) is 0 Å². The van der Waals surface area contributed by atoms with Crippen LogP contribution < -0.4 is 10.5 Å². The van der Waals surface area contributed by atoms with Crippen molar-refractivity contribution in [2.45, 2.75) is 19.6 Å². The first-order valence-electron chi connectivity index (χ1n) is 8.51. The van der Waals surface area contributed by atoms with Crippen LogP contribution in [-0.4, -0.2) is 21.3 Å². The number of rotatable bonds is 5. The molecule has 152 valence electrons. The van der Waals surface area contributed by atoms with Crippen molar-refractivity contribution in [3.63, 3.8) is 0 Å². The van der Waals surface area contributed by atoms with Crippen LogP contribution in [0.5, 0.6) is 0 Å². The fourth-order valence-electron chi connectivity index (χ4n) is 2.71. The van der Waals surface area contributed by atoms with Gasteiger partial charge in [0.15, 0.2) is 5.82 Å². The molecule has 0 aliphatic heterocycles. The number of aromatic nitrogens is 3. The zero-order valence-corrected chi connectivity index (χ0v) is 15.9. The van der Waals surface area contributed by atoms with Crippen LogP contribution in [0, 0.1) is 5.82 Å². The van der Waals surface area contributed by atoms with Crippen molar-refractivity contribution in [3.8, 4) is 5.82 Å². The Hall–Kier alpha value is -2.94. The zero-order valence-electron chi connectivity index (χ0n) is 15.1. The van der Waals surface area contributed by atoms with Crippen LogP contribution in [0.1, 0.15) is 18.1 Å². The van der Waals surface area contributed by atoms with Gasteiger partial charge in [-0.05, 0) is 36.8 Å². The lowest BCUT2D eigenvalue weighted by Gasteiger charge is -2.24. The van der Waals surface area contributed by atoms with E-state index in [0.717, 1.165) is 16.8 Å². The first-order valence-corrected chi connectivity index (χ1v) is 8.89. The summed E-state index contributed by atoms with van der Waals surface area (Å²) in [5.41, 5.74) is -0.665. The van der Waals surface area contributed by atoms with E-state index in [0.29, 0.717) is 24.0 Å². The van der Waals surface area contributed by atoms with Gasteiger partial charge in [-0.1, -0.05) is 23.7 Å². The standard InChI is InChI=1S/C19H15ClF4N4O/c1-2-27(11-12-4-3-5-14(21)8-12)15-10-26-28(18(29)17(15)20)16-7-6-13(9-25-16)19(22,23)24/h3-10H,2,11H2,1H3. The Morgan fingerprint density at radius 2 is 1.93 bits per heavy atom. The molecule has 10 heteroatoms. The Labute approximate surface area is 168 Å². The molecule has 0 radical (unpaired) electrons. The molecule has 0 bridgehead atoms. The van der Waals surface area contributed by atoms with Crippen molar-refractivity contribution < 1.29 is 17.6 Å². The Morgan fingerprint density at radius 3 is 2.52 bits per heavy atom. The minimum atomic E-state index is -4.54. The Bertz CT molecular complexity index is 1070. The molecule has 0 aliphatic rings. The molecule has 0 amide bonds. The third kappa shape index (κ3) is 4.56. The van der Waals surface area contributed by atoms with Crippen LogP contribution in [0.15, 0.2) is 53.6 Å². The summed E-state index contributed by atoms with van der Waals surface area (Å²) in [6.45, 7) is 2.58. The minimum absolute atomic E-state index is 0.0929. The molecule has 0 fully saturated rings. The zero-order chi connectivity index (χ0) is 21.2. The van der Waals surface area contributed by atoms with E-state index in [4.69, 9.17) is 11.6 Å². The molecule has 2 aromatic heterocycles. The van der Waals surface area contributed by atoms with Crippen molar-refractivity contribution in [3.05, 3.63) is 81.1 Å². The third-order valence-corrected chi connectivity index (χ3v) is 4.53. The van der Waals surface area contributed by atoms with Gasteiger partial charge in [0.1, 0.15) is 10.8 Å². The number of alkyl halides is 3. The molecule has 3 rings (SSSR count). The number of hydrogen-bond donors (Lipinski definition) is 0. The summed E-state index contributed by atoms with van der Waals surface area (Å²) in [5, 5.41) is 3.82. The Morgan fingerprint density at radius 1 is 1.17 bits per heavy atom. The molecule has 3 aromatic rings. The normalized spacial score (nSPS) is 11.5. The second-order valence-electron chi connectivity index (χ2n) is 6.11. The summed E-state index contributed by atoms with van der Waals surface area (Å²) in [6, 6.07) is 7.86. The maximum Gasteiger partial charge on any atom is 0.417 e. The highest BCUT2D eigenvalue weighted by Crippen LogP contribution is 2.29. The second-order valence-corrected chi connectivity index (χ2v) is 6.49. The molecule has 0 aliphatic carbocycles. The van der Waals surface area contributed by atoms with Gasteiger partial charge in [-0.2, -0.15) is 23.0 Å². The van der Waals surface area contributed by atoms with E-state index in [1.807, 2.05) is 6.92 Å². The van der Waals surface area contributed by atoms with E-state index < -0.39 is 17.3 Å². The highest BCUT2D eigenvalue weighted by molar-refractivity contribution is 6.33. The van der Waals surface area contributed by atoms with Gasteiger partial charge in [-0.3, -0.25) is 4.79 Å². The number of halogens is 5. The number of pyridine rings is 1. The molecule has 0 spiro atoms. The van der Waals surface area contributed by atoms with Crippen molar-refractivity contribution >= 4 is 17.3 Å². The first kappa shape index (κ1) is 20.8. The summed E-state index contributed by atoms with van der Waals surface area (Å²) in [4.78, 5) is 18.0. The number of benzene rings is 1. The van der Waals surface area contributed by atoms with Crippen LogP contribution in [0.2, 0.25) is 5.02 Å². The van der Waals surface area contributed by atoms with Crippen molar-refractivity contribution in [1.82, 2.24) is 14.8 Å². The number of nitrogens with zero attached hydrogens (tertiary/aromatic N) is 4. The molecule has 0 N–H and O–H groups in total. The predicted molar refractivity (Wildman–Crippen MR) is 101 cm³/mol. The summed E-state index contributed by atoms with van der Waals surface area (Å²) in [6.07, 6.45) is -2.59. The molecule has 0 atom stereocenters. The third-order valence-electron chi connectivity index (χ3n) is 4.18. The summed E-state index contributed by atoms with van der Waals surface area (Å²) in [7, 11) is 0. The van der Waals surface area contributed by atoms with Gasteiger partial charge in [0.2, 0.25) is 0 Å². The van der Waals surface area contributed by atoms with Gasteiger partial charge >= 0.3 is 6.18 Å². The topological polar surface area (TPSA) is 51.0 Å². The van der Waals surface area contributed by atoms with E-state index in [1.165, 1.54) is 18.3 Å². The average molecular weight is 427 g/mol. The Kier molecular flexibility index (Phi) is 5.88. The molecule has 5 nitrogen and oxygen atoms in total. The van der Waals surface area contributed by atoms with Gasteiger partial charge in [0.25, 0.3) is 5.56 Å². The van der Waals surface area contributed by atoms with Gasteiger partial charge in [0, 0.05) is 19.3 Å². The van der Waals surface area contributed by atoms with Gasteiger partial charge in [0.05, 0.1) is 17.4 Å². The monoisotopic (exact) mass is 426 g/mol. The van der Waals surface area contributed by atoms with E-state index >= 15 is 0 Å². The quantitative estimate of drug-likeness (QED) is 0.565. The SMILES string of the molecule is CCN(Cc1cccc(F)c1)c1cnn(-c2ccc(C(F)(F)F)cn2)c(=O)c1Cl. The van der Waals surface area contributed by atoms with Gasteiger partial charge in [-0.15, -0.1) is 0 Å². The van der Waals surface area contributed by atoms with Crippen LogP contribution in [0.25, 0.3) is 5.82 Å². The van der Waals surface area contributed by atoms with E-state index in [9.17, 15) is 22.4 Å². The van der Waals surface area contributed by atoms with E-state index in [1.54, 1.807) is 17.0 Å². The summed E-state index contributed by atoms with van der Waals surface area (Å²) < 4.78 is 52.3. The minimum Gasteiger partial charge on any atom is -0.365 e. The maximum atomic E-state index is 13.4. The smallest absolute Gasteiger partial charge is 0.365 e. The molecule has 0 saturated carbocycles. The number of anilines is 1. The van der Waals surface area contributed by atoms with E-state index in [-0.39, 0.29) is 23.2 Å². The van der Waals surface area contributed by atoms with Gasteiger partial charge < -0.3 is 4.90 Å². The van der Waals surface area contributed by atoms with Crippen molar-refractivity contribution in [2.24, 2.45) is 0 Å². The summed E-state index contributed by atoms with van der Waals surface area (Å²) in [5.74, 6) is -0.476. The molecule has 0 saturated heterocycles. The number of hydrogen-bond acceptors (Lipinski definition) is 4. The molecule has 1 aromatic carbocycles. The molecule has 0 unspecified atom stereocenters. The fourth-order valence-corrected chi connectivity index (χ4v) is 2.96. The average Bonchev–Trinajstić information content (AvgIpc) is 2.68. The highest BCUT2D eigenvalue weighted by Gasteiger charge is 2.30. The highest BCUT2D eigenvalue weighted by atomic mass is 35.5. The largest absolute Gasteiger partial charge is 0.417 e.